The van der Waals surface area contributed by atoms with Crippen molar-refractivity contribution in [3.8, 4) is 0 Å². The fourth-order valence-corrected chi connectivity index (χ4v) is 3.81. The number of aryl methyl sites for hydroxylation is 3. The second-order valence-corrected chi connectivity index (χ2v) is 7.64. The first-order valence-electron chi connectivity index (χ1n) is 7.32. The Kier molecular flexibility index (Phi) is 5.04. The van der Waals surface area contributed by atoms with Crippen LogP contribution in [0.3, 0.4) is 0 Å². The van der Waals surface area contributed by atoms with Crippen LogP contribution < -0.4 is 5.32 Å². The summed E-state index contributed by atoms with van der Waals surface area (Å²) in [5.74, 6) is 0.752. The highest BCUT2D eigenvalue weighted by molar-refractivity contribution is 14.1. The van der Waals surface area contributed by atoms with Crippen LogP contribution in [0.25, 0.3) is 5.78 Å². The van der Waals surface area contributed by atoms with Gasteiger partial charge in [0, 0.05) is 20.6 Å². The van der Waals surface area contributed by atoms with E-state index in [1.807, 2.05) is 49.4 Å². The van der Waals surface area contributed by atoms with Crippen LogP contribution in [0.1, 0.15) is 17.0 Å². The SMILES string of the molecule is Cc1cc(C)n2c(SCC(=O)Nc3ccc(I)cc3C)nnc2n1. The van der Waals surface area contributed by atoms with Gasteiger partial charge in [0.05, 0.1) is 5.75 Å². The second-order valence-electron chi connectivity index (χ2n) is 5.45. The quantitative estimate of drug-likeness (QED) is 0.485. The number of halogens is 1. The Balaban J connectivity index is 1.70. The first-order valence-corrected chi connectivity index (χ1v) is 9.38. The summed E-state index contributed by atoms with van der Waals surface area (Å²) in [7, 11) is 0. The van der Waals surface area contributed by atoms with Crippen molar-refractivity contribution in [1.29, 1.82) is 0 Å². The lowest BCUT2D eigenvalue weighted by Gasteiger charge is -2.08. The van der Waals surface area contributed by atoms with Gasteiger partial charge < -0.3 is 5.32 Å². The van der Waals surface area contributed by atoms with Gasteiger partial charge in [-0.25, -0.2) is 4.98 Å². The van der Waals surface area contributed by atoms with E-state index in [-0.39, 0.29) is 11.7 Å². The summed E-state index contributed by atoms with van der Waals surface area (Å²) in [5.41, 5.74) is 3.78. The Morgan fingerprint density at radius 3 is 2.79 bits per heavy atom. The zero-order valence-corrected chi connectivity index (χ0v) is 16.5. The van der Waals surface area contributed by atoms with E-state index in [4.69, 9.17) is 0 Å². The number of hydrogen-bond acceptors (Lipinski definition) is 5. The number of fused-ring (bicyclic) bond motifs is 1. The fraction of sp³-hybridized carbons (Fsp3) is 0.250. The van der Waals surface area contributed by atoms with Gasteiger partial charge in [-0.15, -0.1) is 10.2 Å². The Labute approximate surface area is 157 Å². The van der Waals surface area contributed by atoms with Crippen LogP contribution >= 0.6 is 34.4 Å². The Morgan fingerprint density at radius 1 is 1.25 bits per heavy atom. The van der Waals surface area contributed by atoms with E-state index in [0.717, 1.165) is 26.2 Å². The molecule has 2 heterocycles. The van der Waals surface area contributed by atoms with Crippen LogP contribution in [-0.2, 0) is 4.79 Å². The number of nitrogens with zero attached hydrogens (tertiary/aromatic N) is 4. The van der Waals surface area contributed by atoms with E-state index in [1.165, 1.54) is 11.8 Å². The number of anilines is 1. The first-order chi connectivity index (χ1) is 11.4. The minimum absolute atomic E-state index is 0.0706. The van der Waals surface area contributed by atoms with Gasteiger partial charge in [0.25, 0.3) is 5.78 Å². The van der Waals surface area contributed by atoms with E-state index in [2.05, 4.69) is 43.1 Å². The zero-order chi connectivity index (χ0) is 17.3. The monoisotopic (exact) mass is 453 g/mol. The van der Waals surface area contributed by atoms with Gasteiger partial charge in [-0.3, -0.25) is 9.20 Å². The molecule has 0 bridgehead atoms. The highest BCUT2D eigenvalue weighted by atomic mass is 127. The third-order valence-electron chi connectivity index (χ3n) is 3.46. The Morgan fingerprint density at radius 2 is 2.04 bits per heavy atom. The molecule has 0 saturated heterocycles. The maximum absolute atomic E-state index is 12.2. The van der Waals surface area contributed by atoms with Crippen LogP contribution in [0.4, 0.5) is 5.69 Å². The number of aromatic nitrogens is 4. The molecule has 8 heteroatoms. The average Bonchev–Trinajstić information content (AvgIpc) is 2.91. The largest absolute Gasteiger partial charge is 0.325 e. The Hall–Kier alpha value is -1.68. The summed E-state index contributed by atoms with van der Waals surface area (Å²) in [4.78, 5) is 16.6. The lowest BCUT2D eigenvalue weighted by atomic mass is 10.2. The van der Waals surface area contributed by atoms with Crippen molar-refractivity contribution in [1.82, 2.24) is 19.6 Å². The summed E-state index contributed by atoms with van der Waals surface area (Å²) >= 11 is 3.60. The molecule has 3 rings (SSSR count). The van der Waals surface area contributed by atoms with Crippen molar-refractivity contribution in [3.63, 3.8) is 0 Å². The smallest absolute Gasteiger partial charge is 0.256 e. The van der Waals surface area contributed by atoms with Gasteiger partial charge in [-0.2, -0.15) is 0 Å². The minimum atomic E-state index is -0.0706. The molecule has 1 aromatic carbocycles. The summed E-state index contributed by atoms with van der Waals surface area (Å²) in [5, 5.41) is 11.8. The molecule has 0 radical (unpaired) electrons. The van der Waals surface area contributed by atoms with Crippen LogP contribution in [-0.4, -0.2) is 31.2 Å². The normalized spacial score (nSPS) is 11.0. The molecule has 1 amide bonds. The van der Waals surface area contributed by atoms with E-state index in [0.29, 0.717) is 10.9 Å². The standard InChI is InChI=1S/C16H16IN5OS/c1-9-6-12(17)4-5-13(9)19-14(23)8-24-16-21-20-15-18-10(2)7-11(3)22(15)16/h4-7H,8H2,1-3H3,(H,19,23). The van der Waals surface area contributed by atoms with E-state index in [9.17, 15) is 4.79 Å². The van der Waals surface area contributed by atoms with Gasteiger partial charge in [0.2, 0.25) is 5.91 Å². The molecule has 0 aliphatic carbocycles. The molecule has 0 aliphatic rings. The van der Waals surface area contributed by atoms with E-state index < -0.39 is 0 Å². The van der Waals surface area contributed by atoms with Crippen LogP contribution in [0.15, 0.2) is 29.4 Å². The molecule has 2 aromatic heterocycles. The fourth-order valence-electron chi connectivity index (χ4n) is 2.38. The average molecular weight is 453 g/mol. The summed E-state index contributed by atoms with van der Waals surface area (Å²) in [6.07, 6.45) is 0. The van der Waals surface area contributed by atoms with Gasteiger partial charge in [0.15, 0.2) is 5.16 Å². The maximum Gasteiger partial charge on any atom is 0.256 e. The molecule has 0 spiro atoms. The van der Waals surface area contributed by atoms with Crippen molar-refractivity contribution in [2.45, 2.75) is 25.9 Å². The van der Waals surface area contributed by atoms with Crippen LogP contribution in [0.5, 0.6) is 0 Å². The van der Waals surface area contributed by atoms with Crippen molar-refractivity contribution >= 4 is 51.7 Å². The highest BCUT2D eigenvalue weighted by Crippen LogP contribution is 2.21. The second kappa shape index (κ2) is 7.06. The zero-order valence-electron chi connectivity index (χ0n) is 13.5. The molecule has 3 aromatic rings. The van der Waals surface area contributed by atoms with Gasteiger partial charge in [0.1, 0.15) is 0 Å². The third-order valence-corrected chi connectivity index (χ3v) is 5.06. The summed E-state index contributed by atoms with van der Waals surface area (Å²) in [6.45, 7) is 5.88. The number of amides is 1. The number of hydrogen-bond donors (Lipinski definition) is 1. The first kappa shape index (κ1) is 17.2. The number of thioether (sulfide) groups is 1. The Bertz CT molecular complexity index is 924. The lowest BCUT2D eigenvalue weighted by molar-refractivity contribution is -0.113. The number of carbonyl (C=O) groups excluding carboxylic acids is 1. The molecule has 124 valence electrons. The third kappa shape index (κ3) is 3.69. The van der Waals surface area contributed by atoms with E-state index in [1.54, 1.807) is 0 Å². The van der Waals surface area contributed by atoms with Crippen LogP contribution in [0, 0.1) is 24.3 Å². The molecule has 0 unspecified atom stereocenters. The number of rotatable bonds is 4. The summed E-state index contributed by atoms with van der Waals surface area (Å²) < 4.78 is 3.01. The molecule has 24 heavy (non-hydrogen) atoms. The maximum atomic E-state index is 12.2. The topological polar surface area (TPSA) is 72.2 Å². The predicted octanol–water partition coefficient (Wildman–Crippen LogP) is 3.38. The molecular formula is C16H16IN5OS. The molecule has 0 fully saturated rings. The molecule has 0 saturated carbocycles. The van der Waals surface area contributed by atoms with Crippen molar-refractivity contribution < 1.29 is 4.79 Å². The molecule has 0 aliphatic heterocycles. The molecule has 1 N–H and O–H groups in total. The molecule has 6 nitrogen and oxygen atoms in total. The number of carbonyl (C=O) groups is 1. The molecular weight excluding hydrogens is 437 g/mol. The highest BCUT2D eigenvalue weighted by Gasteiger charge is 2.13. The number of benzene rings is 1. The summed E-state index contributed by atoms with van der Waals surface area (Å²) in [6, 6.07) is 7.89. The van der Waals surface area contributed by atoms with Crippen LogP contribution in [0.2, 0.25) is 0 Å². The van der Waals surface area contributed by atoms with Crippen molar-refractivity contribution in [2.75, 3.05) is 11.1 Å². The van der Waals surface area contributed by atoms with E-state index >= 15 is 0 Å². The number of nitrogens with one attached hydrogen (secondary N) is 1. The van der Waals surface area contributed by atoms with Gasteiger partial charge in [-0.05, 0) is 73.2 Å². The van der Waals surface area contributed by atoms with Gasteiger partial charge in [-0.1, -0.05) is 11.8 Å². The van der Waals surface area contributed by atoms with Crippen molar-refractivity contribution in [2.24, 2.45) is 0 Å². The minimum Gasteiger partial charge on any atom is -0.325 e. The molecule has 0 atom stereocenters. The van der Waals surface area contributed by atoms with Crippen molar-refractivity contribution in [3.05, 3.63) is 44.8 Å². The predicted molar refractivity (Wildman–Crippen MR) is 104 cm³/mol. The van der Waals surface area contributed by atoms with Gasteiger partial charge >= 0.3 is 0 Å². The lowest BCUT2D eigenvalue weighted by Crippen LogP contribution is -2.15.